The Kier molecular flexibility index (Phi) is 7.62. The third kappa shape index (κ3) is 5.23. The molecule has 1 aliphatic heterocycles. The lowest BCUT2D eigenvalue weighted by atomic mass is 9.89. The minimum absolute atomic E-state index is 0.0242. The Morgan fingerprint density at radius 1 is 0.929 bits per heavy atom. The van der Waals surface area contributed by atoms with Gasteiger partial charge in [-0.3, -0.25) is 4.98 Å². The monoisotopic (exact) mass is 607 g/mol. The van der Waals surface area contributed by atoms with Crippen molar-refractivity contribution in [3.05, 3.63) is 63.8 Å². The summed E-state index contributed by atoms with van der Waals surface area (Å²) in [5.74, 6) is 0.0352. The summed E-state index contributed by atoms with van der Waals surface area (Å²) in [6.45, 7) is 13.5. The van der Waals surface area contributed by atoms with Crippen LogP contribution in [0.3, 0.4) is 0 Å². The van der Waals surface area contributed by atoms with Crippen LogP contribution < -0.4 is 4.18 Å². The molecule has 1 spiro atoms. The van der Waals surface area contributed by atoms with E-state index in [1.54, 1.807) is 24.5 Å². The smallest absolute Gasteiger partial charge is 0.341 e. The Bertz CT molecular complexity index is 1710. The normalized spacial score (nSPS) is 16.7. The van der Waals surface area contributed by atoms with Gasteiger partial charge in [-0.2, -0.15) is 13.4 Å². The van der Waals surface area contributed by atoms with Gasteiger partial charge in [0, 0.05) is 35.7 Å². The molecule has 0 saturated carbocycles. The molecule has 4 heterocycles. The molecule has 0 atom stereocenters. The van der Waals surface area contributed by atoms with Crippen molar-refractivity contribution >= 4 is 31.7 Å². The van der Waals surface area contributed by atoms with Crippen LogP contribution in [0.15, 0.2) is 41.6 Å². The van der Waals surface area contributed by atoms with E-state index < -0.39 is 15.9 Å². The van der Waals surface area contributed by atoms with E-state index in [1.165, 1.54) is 11.3 Å². The van der Waals surface area contributed by atoms with Gasteiger partial charge in [-0.15, -0.1) is 11.3 Å². The molecule has 1 aromatic carbocycles. The maximum Gasteiger partial charge on any atom is 0.341 e. The number of fused-ring (bicyclic) bond motifs is 3. The number of aromatic nitrogens is 3. The highest BCUT2D eigenvalue weighted by atomic mass is 32.2. The van der Waals surface area contributed by atoms with E-state index in [0.29, 0.717) is 48.5 Å². The zero-order chi connectivity index (χ0) is 29.8. The van der Waals surface area contributed by atoms with Gasteiger partial charge in [-0.05, 0) is 58.6 Å². The number of thiophene rings is 1. The largest absolute Gasteiger partial charge is 0.357 e. The molecular formula is C32H37N3O5S2. The van der Waals surface area contributed by atoms with E-state index in [2.05, 4.69) is 18.8 Å². The van der Waals surface area contributed by atoms with E-state index >= 15 is 0 Å². The Hall–Kier alpha value is -2.92. The van der Waals surface area contributed by atoms with Crippen LogP contribution in [-0.2, 0) is 32.4 Å². The average molecular weight is 608 g/mol. The first-order valence-electron chi connectivity index (χ1n) is 14.6. The summed E-state index contributed by atoms with van der Waals surface area (Å²) >= 11 is 1.53. The molecule has 42 heavy (non-hydrogen) atoms. The third-order valence-corrected chi connectivity index (χ3v) is 10.6. The molecule has 0 unspecified atom stereocenters. The van der Waals surface area contributed by atoms with Crippen LogP contribution in [0, 0.1) is 0 Å². The Morgan fingerprint density at radius 2 is 1.57 bits per heavy atom. The minimum Gasteiger partial charge on any atom is -0.357 e. The zero-order valence-electron chi connectivity index (χ0n) is 24.9. The molecule has 6 rings (SSSR count). The van der Waals surface area contributed by atoms with Crippen molar-refractivity contribution in [1.29, 1.82) is 0 Å². The predicted octanol–water partition coefficient (Wildman–Crippen LogP) is 7.12. The minimum atomic E-state index is -4.27. The SMILES string of the molecule is CC(C)c1cc(C(C)C)c(S(=O)(=O)Oc2nc(-c3ccncc3)nc3sc4c(c23)CCC2(C4)OCCO2)c(C(C)C)c1. The quantitative estimate of drug-likeness (QED) is 0.205. The number of pyridine rings is 1. The molecule has 1 fully saturated rings. The van der Waals surface area contributed by atoms with Gasteiger partial charge in [0.1, 0.15) is 9.73 Å². The molecule has 10 heteroatoms. The molecule has 1 aliphatic carbocycles. The Morgan fingerprint density at radius 3 is 2.17 bits per heavy atom. The van der Waals surface area contributed by atoms with E-state index in [-0.39, 0.29) is 28.5 Å². The summed E-state index contributed by atoms with van der Waals surface area (Å²) in [7, 11) is -4.27. The van der Waals surface area contributed by atoms with Gasteiger partial charge in [-0.1, -0.05) is 53.7 Å². The van der Waals surface area contributed by atoms with Crippen LogP contribution in [0.2, 0.25) is 0 Å². The topological polar surface area (TPSA) is 101 Å². The maximum absolute atomic E-state index is 14.4. The lowest BCUT2D eigenvalue weighted by molar-refractivity contribution is -0.163. The maximum atomic E-state index is 14.4. The zero-order valence-corrected chi connectivity index (χ0v) is 26.6. The summed E-state index contributed by atoms with van der Waals surface area (Å²) in [5.41, 5.74) is 4.37. The van der Waals surface area contributed by atoms with Crippen LogP contribution in [0.5, 0.6) is 5.88 Å². The highest BCUT2D eigenvalue weighted by molar-refractivity contribution is 7.87. The third-order valence-electron chi connectivity index (χ3n) is 8.16. The fourth-order valence-corrected chi connectivity index (χ4v) is 8.76. The number of ether oxygens (including phenoxy) is 2. The van der Waals surface area contributed by atoms with Gasteiger partial charge in [-0.25, -0.2) is 4.98 Å². The number of aryl methyl sites for hydroxylation is 1. The highest BCUT2D eigenvalue weighted by Gasteiger charge is 2.42. The summed E-state index contributed by atoms with van der Waals surface area (Å²) in [4.78, 5) is 15.7. The summed E-state index contributed by atoms with van der Waals surface area (Å²) in [5, 5.41) is 0.653. The van der Waals surface area contributed by atoms with Crippen LogP contribution >= 0.6 is 11.3 Å². The van der Waals surface area contributed by atoms with Crippen molar-refractivity contribution in [3.63, 3.8) is 0 Å². The van der Waals surface area contributed by atoms with Crippen LogP contribution in [0.4, 0.5) is 0 Å². The molecule has 3 aromatic heterocycles. The van der Waals surface area contributed by atoms with Crippen LogP contribution in [0.25, 0.3) is 21.6 Å². The first-order chi connectivity index (χ1) is 20.0. The van der Waals surface area contributed by atoms with E-state index in [9.17, 15) is 8.42 Å². The van der Waals surface area contributed by atoms with Crippen molar-refractivity contribution in [1.82, 2.24) is 15.0 Å². The average Bonchev–Trinajstić information content (AvgIpc) is 3.56. The summed E-state index contributed by atoms with van der Waals surface area (Å²) in [6, 6.07) is 7.65. The van der Waals surface area contributed by atoms with Crippen LogP contribution in [-0.4, -0.2) is 42.4 Å². The second-order valence-electron chi connectivity index (χ2n) is 12.1. The first-order valence-corrected chi connectivity index (χ1v) is 16.8. The number of hydrogen-bond acceptors (Lipinski definition) is 9. The number of nitrogens with zero attached hydrogens (tertiary/aromatic N) is 3. The molecule has 0 radical (unpaired) electrons. The lowest BCUT2D eigenvalue weighted by Crippen LogP contribution is -2.36. The number of benzene rings is 1. The second-order valence-corrected chi connectivity index (χ2v) is 14.7. The van der Waals surface area contributed by atoms with Gasteiger partial charge in [0.25, 0.3) is 0 Å². The van der Waals surface area contributed by atoms with Gasteiger partial charge in [0.15, 0.2) is 11.6 Å². The molecule has 8 nitrogen and oxygen atoms in total. The lowest BCUT2D eigenvalue weighted by Gasteiger charge is -2.31. The molecular weight excluding hydrogens is 571 g/mol. The van der Waals surface area contributed by atoms with Crippen molar-refractivity contribution < 1.29 is 22.1 Å². The van der Waals surface area contributed by atoms with E-state index in [1.807, 2.05) is 39.8 Å². The molecule has 1 saturated heterocycles. The molecule has 0 amide bonds. The van der Waals surface area contributed by atoms with Gasteiger partial charge in [0.2, 0.25) is 5.88 Å². The Labute approximate surface area is 251 Å². The molecule has 4 aromatic rings. The van der Waals surface area contributed by atoms with Crippen molar-refractivity contribution in [2.24, 2.45) is 0 Å². The fourth-order valence-electron chi connectivity index (χ4n) is 5.88. The van der Waals surface area contributed by atoms with Crippen LogP contribution in [0.1, 0.15) is 92.8 Å². The van der Waals surface area contributed by atoms with E-state index in [0.717, 1.165) is 32.7 Å². The fraction of sp³-hybridized carbons (Fsp3) is 0.469. The van der Waals surface area contributed by atoms with Crippen molar-refractivity contribution in [2.45, 2.75) is 89.2 Å². The van der Waals surface area contributed by atoms with Gasteiger partial charge < -0.3 is 13.7 Å². The molecule has 2 aliphatic rings. The Balaban J connectivity index is 1.54. The standard InChI is InChI=1S/C32H37N3O5S2/c1-18(2)22-15-24(19(3)4)28(25(16-22)20(5)6)42(36,37)40-30-27-23-7-10-32(38-13-14-39-32)17-26(23)41-31(27)35-29(34-30)21-8-11-33-12-9-21/h8-9,11-12,15-16,18-20H,7,10,13-14,17H2,1-6H3. The summed E-state index contributed by atoms with van der Waals surface area (Å²) in [6.07, 6.45) is 5.25. The van der Waals surface area contributed by atoms with E-state index in [4.69, 9.17) is 23.6 Å². The van der Waals surface area contributed by atoms with Gasteiger partial charge in [0.05, 0.1) is 18.6 Å². The molecule has 0 bridgehead atoms. The summed E-state index contributed by atoms with van der Waals surface area (Å²) < 4.78 is 46.9. The number of hydrogen-bond donors (Lipinski definition) is 0. The highest BCUT2D eigenvalue weighted by Crippen LogP contribution is 2.46. The molecule has 222 valence electrons. The predicted molar refractivity (Wildman–Crippen MR) is 164 cm³/mol. The van der Waals surface area contributed by atoms with Crippen molar-refractivity contribution in [3.8, 4) is 17.3 Å². The molecule has 0 N–H and O–H groups in total. The van der Waals surface area contributed by atoms with Gasteiger partial charge >= 0.3 is 10.1 Å². The van der Waals surface area contributed by atoms with Crippen molar-refractivity contribution in [2.75, 3.05) is 13.2 Å². The number of rotatable bonds is 7. The first kappa shape index (κ1) is 29.2. The second kappa shape index (κ2) is 11.0.